The smallest absolute Gasteiger partial charge is 0.410 e. The van der Waals surface area contributed by atoms with Crippen LogP contribution in [-0.4, -0.2) is 29.1 Å². The standard InChI is InChI=1S/C16H22N2O2/c17-13-9-14-7-4-8-15(10-13)18(14)16(19)20-11-12-5-2-1-3-6-12/h1-3,5-6,13-15H,4,7-11,17H2/t13?,14-,15?/m0/s1. The number of benzene rings is 1. The van der Waals surface area contributed by atoms with E-state index in [0.29, 0.717) is 6.61 Å². The van der Waals surface area contributed by atoms with Crippen LogP contribution >= 0.6 is 0 Å². The quantitative estimate of drug-likeness (QED) is 0.902. The normalized spacial score (nSPS) is 29.1. The van der Waals surface area contributed by atoms with Gasteiger partial charge in [0.2, 0.25) is 0 Å². The van der Waals surface area contributed by atoms with Gasteiger partial charge in [0.05, 0.1) is 0 Å². The largest absolute Gasteiger partial charge is 0.445 e. The van der Waals surface area contributed by atoms with Gasteiger partial charge < -0.3 is 15.4 Å². The Labute approximate surface area is 119 Å². The number of hydrogen-bond donors (Lipinski definition) is 1. The lowest BCUT2D eigenvalue weighted by molar-refractivity contribution is 0.0147. The summed E-state index contributed by atoms with van der Waals surface area (Å²) in [4.78, 5) is 14.3. The SMILES string of the molecule is NC1CC2CCC[C@@H](C1)N2C(=O)OCc1ccccc1. The molecule has 1 aromatic carbocycles. The highest BCUT2D eigenvalue weighted by molar-refractivity contribution is 5.69. The fraction of sp³-hybridized carbons (Fsp3) is 0.562. The molecule has 2 aliphatic heterocycles. The minimum atomic E-state index is -0.171. The first-order chi connectivity index (χ1) is 9.74. The molecular weight excluding hydrogens is 252 g/mol. The Bertz CT molecular complexity index is 449. The summed E-state index contributed by atoms with van der Waals surface area (Å²) < 4.78 is 5.49. The molecule has 2 fully saturated rings. The predicted octanol–water partition coefficient (Wildman–Crippen LogP) is 2.67. The molecule has 2 aliphatic rings. The zero-order valence-electron chi connectivity index (χ0n) is 11.7. The molecule has 0 aromatic heterocycles. The number of fused-ring (bicyclic) bond motifs is 2. The van der Waals surface area contributed by atoms with Crippen molar-refractivity contribution >= 4 is 6.09 Å². The predicted molar refractivity (Wildman–Crippen MR) is 77.1 cm³/mol. The van der Waals surface area contributed by atoms with Crippen LogP contribution in [0, 0.1) is 0 Å². The number of amides is 1. The second-order valence-corrected chi connectivity index (χ2v) is 5.92. The highest BCUT2D eigenvalue weighted by Gasteiger charge is 2.40. The van der Waals surface area contributed by atoms with Gasteiger partial charge in [-0.2, -0.15) is 0 Å². The highest BCUT2D eigenvalue weighted by Crippen LogP contribution is 2.33. The van der Waals surface area contributed by atoms with Gasteiger partial charge in [0, 0.05) is 18.1 Å². The Hall–Kier alpha value is -1.55. The van der Waals surface area contributed by atoms with E-state index in [4.69, 9.17) is 10.5 Å². The lowest BCUT2D eigenvalue weighted by Crippen LogP contribution is -2.57. The summed E-state index contributed by atoms with van der Waals surface area (Å²) in [7, 11) is 0. The van der Waals surface area contributed by atoms with Crippen LogP contribution in [0.4, 0.5) is 4.79 Å². The summed E-state index contributed by atoms with van der Waals surface area (Å²) in [5, 5.41) is 0. The highest BCUT2D eigenvalue weighted by atomic mass is 16.6. The number of carbonyl (C=O) groups excluding carboxylic acids is 1. The third-order valence-corrected chi connectivity index (χ3v) is 4.43. The summed E-state index contributed by atoms with van der Waals surface area (Å²) in [6.45, 7) is 0.349. The van der Waals surface area contributed by atoms with Crippen molar-refractivity contribution in [2.45, 2.75) is 56.8 Å². The van der Waals surface area contributed by atoms with Gasteiger partial charge in [0.25, 0.3) is 0 Å². The lowest BCUT2D eigenvalue weighted by Gasteiger charge is -2.47. The van der Waals surface area contributed by atoms with Crippen LogP contribution < -0.4 is 5.73 Å². The van der Waals surface area contributed by atoms with E-state index in [9.17, 15) is 4.79 Å². The molecule has 108 valence electrons. The van der Waals surface area contributed by atoms with Gasteiger partial charge in [-0.05, 0) is 37.7 Å². The number of hydrogen-bond acceptors (Lipinski definition) is 3. The van der Waals surface area contributed by atoms with Gasteiger partial charge in [-0.25, -0.2) is 4.79 Å². The number of ether oxygens (including phenoxy) is 1. The molecule has 3 rings (SSSR count). The average molecular weight is 274 g/mol. The zero-order valence-corrected chi connectivity index (χ0v) is 11.7. The number of piperidine rings is 2. The van der Waals surface area contributed by atoms with Gasteiger partial charge in [-0.15, -0.1) is 0 Å². The van der Waals surface area contributed by atoms with Crippen LogP contribution in [0.3, 0.4) is 0 Å². The molecule has 4 heteroatoms. The Morgan fingerprint density at radius 3 is 2.50 bits per heavy atom. The van der Waals surface area contributed by atoms with Crippen LogP contribution in [0.1, 0.15) is 37.7 Å². The first-order valence-electron chi connectivity index (χ1n) is 7.48. The van der Waals surface area contributed by atoms with Gasteiger partial charge in [0.1, 0.15) is 6.61 Å². The molecule has 2 bridgehead atoms. The van der Waals surface area contributed by atoms with Crippen LogP contribution in [0.2, 0.25) is 0 Å². The fourth-order valence-electron chi connectivity index (χ4n) is 3.52. The molecule has 0 saturated carbocycles. The molecule has 2 heterocycles. The molecule has 1 amide bonds. The number of carbonyl (C=O) groups is 1. The Kier molecular flexibility index (Phi) is 3.92. The molecule has 1 aromatic rings. The molecule has 2 saturated heterocycles. The van der Waals surface area contributed by atoms with Crippen LogP contribution in [0.15, 0.2) is 30.3 Å². The molecule has 20 heavy (non-hydrogen) atoms. The zero-order chi connectivity index (χ0) is 13.9. The first-order valence-corrected chi connectivity index (χ1v) is 7.48. The third kappa shape index (κ3) is 2.80. The molecule has 4 nitrogen and oxygen atoms in total. The molecule has 2 unspecified atom stereocenters. The maximum atomic E-state index is 12.4. The Morgan fingerprint density at radius 2 is 1.85 bits per heavy atom. The van der Waals surface area contributed by atoms with Gasteiger partial charge >= 0.3 is 6.09 Å². The lowest BCUT2D eigenvalue weighted by atomic mass is 9.82. The first kappa shape index (κ1) is 13.4. The average Bonchev–Trinajstić information content (AvgIpc) is 2.45. The van der Waals surface area contributed by atoms with Crippen molar-refractivity contribution in [2.75, 3.05) is 0 Å². The second-order valence-electron chi connectivity index (χ2n) is 5.92. The van der Waals surface area contributed by atoms with Crippen molar-refractivity contribution in [1.29, 1.82) is 0 Å². The van der Waals surface area contributed by atoms with Crippen LogP contribution in [0.5, 0.6) is 0 Å². The third-order valence-electron chi connectivity index (χ3n) is 4.43. The maximum absolute atomic E-state index is 12.4. The monoisotopic (exact) mass is 274 g/mol. The molecule has 0 spiro atoms. The molecular formula is C16H22N2O2. The van der Waals surface area contributed by atoms with Crippen molar-refractivity contribution < 1.29 is 9.53 Å². The number of nitrogens with zero attached hydrogens (tertiary/aromatic N) is 1. The van der Waals surface area contributed by atoms with Crippen molar-refractivity contribution in [3.63, 3.8) is 0 Å². The fourth-order valence-corrected chi connectivity index (χ4v) is 3.52. The van der Waals surface area contributed by atoms with Crippen molar-refractivity contribution in [3.8, 4) is 0 Å². The van der Waals surface area contributed by atoms with Crippen molar-refractivity contribution in [2.24, 2.45) is 5.73 Å². The van der Waals surface area contributed by atoms with E-state index in [1.165, 1.54) is 6.42 Å². The van der Waals surface area contributed by atoms with E-state index in [1.807, 2.05) is 35.2 Å². The Morgan fingerprint density at radius 1 is 1.20 bits per heavy atom. The summed E-state index contributed by atoms with van der Waals surface area (Å²) >= 11 is 0. The van der Waals surface area contributed by atoms with Crippen molar-refractivity contribution in [1.82, 2.24) is 4.90 Å². The van der Waals surface area contributed by atoms with E-state index < -0.39 is 0 Å². The van der Waals surface area contributed by atoms with E-state index >= 15 is 0 Å². The van der Waals surface area contributed by atoms with E-state index in [0.717, 1.165) is 31.2 Å². The summed E-state index contributed by atoms with van der Waals surface area (Å²) in [5.41, 5.74) is 7.10. The summed E-state index contributed by atoms with van der Waals surface area (Å²) in [6, 6.07) is 10.6. The molecule has 2 N–H and O–H groups in total. The Balaban J connectivity index is 1.62. The maximum Gasteiger partial charge on any atom is 0.410 e. The van der Waals surface area contributed by atoms with Crippen molar-refractivity contribution in [3.05, 3.63) is 35.9 Å². The molecule has 0 aliphatic carbocycles. The van der Waals surface area contributed by atoms with Gasteiger partial charge in [0.15, 0.2) is 0 Å². The van der Waals surface area contributed by atoms with E-state index in [-0.39, 0.29) is 24.2 Å². The minimum absolute atomic E-state index is 0.171. The van der Waals surface area contributed by atoms with E-state index in [2.05, 4.69) is 0 Å². The van der Waals surface area contributed by atoms with Gasteiger partial charge in [-0.3, -0.25) is 0 Å². The minimum Gasteiger partial charge on any atom is -0.445 e. The summed E-state index contributed by atoms with van der Waals surface area (Å²) in [6.07, 6.45) is 4.98. The topological polar surface area (TPSA) is 55.6 Å². The second kappa shape index (κ2) is 5.83. The molecule has 3 atom stereocenters. The van der Waals surface area contributed by atoms with Crippen LogP contribution in [0.25, 0.3) is 0 Å². The van der Waals surface area contributed by atoms with E-state index in [1.54, 1.807) is 0 Å². The van der Waals surface area contributed by atoms with Gasteiger partial charge in [-0.1, -0.05) is 30.3 Å². The number of rotatable bonds is 2. The summed E-state index contributed by atoms with van der Waals surface area (Å²) in [5.74, 6) is 0. The molecule has 0 radical (unpaired) electrons. The number of nitrogens with two attached hydrogens (primary N) is 1. The van der Waals surface area contributed by atoms with Crippen LogP contribution in [-0.2, 0) is 11.3 Å².